The van der Waals surface area contributed by atoms with Crippen molar-refractivity contribution in [3.05, 3.63) is 29.6 Å². The van der Waals surface area contributed by atoms with Gasteiger partial charge in [0.15, 0.2) is 6.10 Å². The SMILES string of the molecule is C[C@H](Oc1ccc(F)cc1C1CCC1)C(=O)O. The second-order valence-electron chi connectivity index (χ2n) is 4.41. The van der Waals surface area contributed by atoms with Gasteiger partial charge in [-0.1, -0.05) is 6.42 Å². The van der Waals surface area contributed by atoms with Crippen LogP contribution in [-0.2, 0) is 4.79 Å². The number of ether oxygens (including phenoxy) is 1. The first-order valence-electron chi connectivity index (χ1n) is 5.77. The lowest BCUT2D eigenvalue weighted by Crippen LogP contribution is -2.24. The maximum Gasteiger partial charge on any atom is 0.344 e. The molecule has 0 radical (unpaired) electrons. The van der Waals surface area contributed by atoms with Crippen LogP contribution < -0.4 is 4.74 Å². The first-order chi connectivity index (χ1) is 8.08. The molecule has 3 nitrogen and oxygen atoms in total. The molecule has 0 spiro atoms. The van der Waals surface area contributed by atoms with Crippen LogP contribution in [0.2, 0.25) is 0 Å². The minimum absolute atomic E-state index is 0.303. The molecule has 2 rings (SSSR count). The molecular weight excluding hydrogens is 223 g/mol. The maximum absolute atomic E-state index is 13.2. The number of benzene rings is 1. The molecular formula is C13H15FO3. The van der Waals surface area contributed by atoms with E-state index < -0.39 is 12.1 Å². The zero-order valence-corrected chi connectivity index (χ0v) is 9.65. The summed E-state index contributed by atoms with van der Waals surface area (Å²) in [6.07, 6.45) is 2.25. The van der Waals surface area contributed by atoms with E-state index in [-0.39, 0.29) is 5.82 Å². The van der Waals surface area contributed by atoms with Crippen LogP contribution in [0.25, 0.3) is 0 Å². The topological polar surface area (TPSA) is 46.5 Å². The van der Waals surface area contributed by atoms with Crippen molar-refractivity contribution in [2.24, 2.45) is 0 Å². The summed E-state index contributed by atoms with van der Waals surface area (Å²) in [6, 6.07) is 4.27. The maximum atomic E-state index is 13.2. The fourth-order valence-electron chi connectivity index (χ4n) is 1.91. The fraction of sp³-hybridized carbons (Fsp3) is 0.462. The van der Waals surface area contributed by atoms with Crippen molar-refractivity contribution in [1.82, 2.24) is 0 Å². The third-order valence-corrected chi connectivity index (χ3v) is 3.17. The van der Waals surface area contributed by atoms with Crippen molar-refractivity contribution in [2.45, 2.75) is 38.2 Å². The Morgan fingerprint density at radius 1 is 1.53 bits per heavy atom. The molecule has 0 aliphatic heterocycles. The van der Waals surface area contributed by atoms with Gasteiger partial charge in [-0.05, 0) is 43.9 Å². The Balaban J connectivity index is 2.22. The second kappa shape index (κ2) is 4.73. The first kappa shape index (κ1) is 11.9. The minimum atomic E-state index is -1.02. The Bertz CT molecular complexity index is 427. The van der Waals surface area contributed by atoms with E-state index in [9.17, 15) is 9.18 Å². The molecule has 17 heavy (non-hydrogen) atoms. The van der Waals surface area contributed by atoms with Gasteiger partial charge in [0.1, 0.15) is 11.6 Å². The summed E-state index contributed by atoms with van der Waals surface area (Å²) in [5.41, 5.74) is 0.796. The van der Waals surface area contributed by atoms with Gasteiger partial charge in [-0.3, -0.25) is 0 Å². The van der Waals surface area contributed by atoms with E-state index in [1.807, 2.05) is 0 Å². The molecule has 1 atom stereocenters. The standard InChI is InChI=1S/C13H15FO3/c1-8(13(15)16)17-12-6-5-10(14)7-11(12)9-3-2-4-9/h5-9H,2-4H2,1H3,(H,15,16)/t8-/m0/s1. The van der Waals surface area contributed by atoms with Gasteiger partial charge in [0.2, 0.25) is 0 Å². The van der Waals surface area contributed by atoms with Gasteiger partial charge in [0, 0.05) is 5.56 Å². The van der Waals surface area contributed by atoms with E-state index in [0.29, 0.717) is 11.7 Å². The molecule has 0 unspecified atom stereocenters. The Morgan fingerprint density at radius 3 is 2.76 bits per heavy atom. The zero-order valence-electron chi connectivity index (χ0n) is 9.65. The molecule has 1 aromatic carbocycles. The highest BCUT2D eigenvalue weighted by molar-refractivity contribution is 5.72. The molecule has 92 valence electrons. The lowest BCUT2D eigenvalue weighted by Gasteiger charge is -2.28. The van der Waals surface area contributed by atoms with Crippen molar-refractivity contribution in [1.29, 1.82) is 0 Å². The molecule has 0 amide bonds. The average molecular weight is 238 g/mol. The molecule has 1 aliphatic rings. The van der Waals surface area contributed by atoms with Gasteiger partial charge in [0.05, 0.1) is 0 Å². The number of hydrogen-bond donors (Lipinski definition) is 1. The number of aliphatic carboxylic acids is 1. The highest BCUT2D eigenvalue weighted by atomic mass is 19.1. The van der Waals surface area contributed by atoms with Crippen molar-refractivity contribution >= 4 is 5.97 Å². The van der Waals surface area contributed by atoms with Crippen LogP contribution in [0.15, 0.2) is 18.2 Å². The Kier molecular flexibility index (Phi) is 3.31. The summed E-state index contributed by atoms with van der Waals surface area (Å²) < 4.78 is 18.5. The molecule has 1 N–H and O–H groups in total. The highest BCUT2D eigenvalue weighted by Gasteiger charge is 2.25. The monoisotopic (exact) mass is 238 g/mol. The first-order valence-corrected chi connectivity index (χ1v) is 5.77. The molecule has 0 aromatic heterocycles. The van der Waals surface area contributed by atoms with Gasteiger partial charge in [-0.25, -0.2) is 9.18 Å². The van der Waals surface area contributed by atoms with E-state index in [1.54, 1.807) is 0 Å². The van der Waals surface area contributed by atoms with Crippen molar-refractivity contribution in [3.8, 4) is 5.75 Å². The fourth-order valence-corrected chi connectivity index (χ4v) is 1.91. The van der Waals surface area contributed by atoms with Crippen LogP contribution in [-0.4, -0.2) is 17.2 Å². The normalized spacial score (nSPS) is 17.3. The Morgan fingerprint density at radius 2 is 2.24 bits per heavy atom. The molecule has 1 aliphatic carbocycles. The third-order valence-electron chi connectivity index (χ3n) is 3.17. The van der Waals surface area contributed by atoms with E-state index in [1.165, 1.54) is 25.1 Å². The van der Waals surface area contributed by atoms with Crippen LogP contribution in [0.3, 0.4) is 0 Å². The largest absolute Gasteiger partial charge is 0.479 e. The predicted octanol–water partition coefficient (Wildman–Crippen LogP) is 2.95. The lowest BCUT2D eigenvalue weighted by atomic mass is 9.79. The zero-order chi connectivity index (χ0) is 12.4. The van der Waals surface area contributed by atoms with E-state index in [0.717, 1.165) is 24.8 Å². The quantitative estimate of drug-likeness (QED) is 0.877. The van der Waals surface area contributed by atoms with Crippen LogP contribution in [0.4, 0.5) is 4.39 Å². The van der Waals surface area contributed by atoms with Gasteiger partial charge in [0.25, 0.3) is 0 Å². The summed E-state index contributed by atoms with van der Waals surface area (Å²) in [5.74, 6) is -0.524. The molecule has 1 fully saturated rings. The molecule has 0 saturated heterocycles. The smallest absolute Gasteiger partial charge is 0.344 e. The molecule has 1 saturated carbocycles. The third kappa shape index (κ3) is 2.57. The summed E-state index contributed by atoms with van der Waals surface area (Å²) in [5, 5.41) is 8.80. The predicted molar refractivity (Wildman–Crippen MR) is 60.7 cm³/mol. The number of carboxylic acid groups (broad SMARTS) is 1. The molecule has 4 heteroatoms. The van der Waals surface area contributed by atoms with Crippen LogP contribution >= 0.6 is 0 Å². The molecule has 1 aromatic rings. The molecule has 0 heterocycles. The number of hydrogen-bond acceptors (Lipinski definition) is 2. The van der Waals surface area contributed by atoms with Gasteiger partial charge < -0.3 is 9.84 Å². The van der Waals surface area contributed by atoms with E-state index >= 15 is 0 Å². The Labute approximate surface area is 99.2 Å². The van der Waals surface area contributed by atoms with Crippen molar-refractivity contribution in [3.63, 3.8) is 0 Å². The molecule has 0 bridgehead atoms. The van der Waals surface area contributed by atoms with Crippen LogP contribution in [0, 0.1) is 5.82 Å². The minimum Gasteiger partial charge on any atom is -0.479 e. The van der Waals surface area contributed by atoms with Gasteiger partial charge in [-0.2, -0.15) is 0 Å². The summed E-state index contributed by atoms with van der Waals surface area (Å²) >= 11 is 0. The summed E-state index contributed by atoms with van der Waals surface area (Å²) in [4.78, 5) is 10.7. The summed E-state index contributed by atoms with van der Waals surface area (Å²) in [6.45, 7) is 1.47. The van der Waals surface area contributed by atoms with E-state index in [2.05, 4.69) is 0 Å². The van der Waals surface area contributed by atoms with Crippen molar-refractivity contribution in [2.75, 3.05) is 0 Å². The average Bonchev–Trinajstić information content (AvgIpc) is 2.19. The van der Waals surface area contributed by atoms with Gasteiger partial charge >= 0.3 is 5.97 Å². The van der Waals surface area contributed by atoms with Crippen LogP contribution in [0.5, 0.6) is 5.75 Å². The van der Waals surface area contributed by atoms with Crippen molar-refractivity contribution < 1.29 is 19.0 Å². The second-order valence-corrected chi connectivity index (χ2v) is 4.41. The van der Waals surface area contributed by atoms with Gasteiger partial charge in [-0.15, -0.1) is 0 Å². The number of carboxylic acids is 1. The highest BCUT2D eigenvalue weighted by Crippen LogP contribution is 2.41. The van der Waals surface area contributed by atoms with Crippen LogP contribution in [0.1, 0.15) is 37.7 Å². The number of halogens is 1. The number of carbonyl (C=O) groups is 1. The Hall–Kier alpha value is -1.58. The lowest BCUT2D eigenvalue weighted by molar-refractivity contribution is -0.144. The number of rotatable bonds is 4. The van der Waals surface area contributed by atoms with E-state index in [4.69, 9.17) is 9.84 Å². The summed E-state index contributed by atoms with van der Waals surface area (Å²) in [7, 11) is 0.